The van der Waals surface area contributed by atoms with Crippen LogP contribution in [-0.4, -0.2) is 18.1 Å². The van der Waals surface area contributed by atoms with Crippen molar-refractivity contribution in [2.24, 2.45) is 10.2 Å². The fourth-order valence-electron chi connectivity index (χ4n) is 1.66. The van der Waals surface area contributed by atoms with Crippen molar-refractivity contribution in [1.82, 2.24) is 0 Å². The Labute approximate surface area is 116 Å². The van der Waals surface area contributed by atoms with Crippen molar-refractivity contribution in [2.75, 3.05) is 7.11 Å². The zero-order chi connectivity index (χ0) is 14.4. The van der Waals surface area contributed by atoms with Crippen molar-refractivity contribution in [3.63, 3.8) is 0 Å². The fraction of sp³-hybridized carbons (Fsp3) is 0.133. The summed E-state index contributed by atoms with van der Waals surface area (Å²) in [7, 11) is 1.46. The number of ether oxygens (including phenoxy) is 1. The molecule has 0 aliphatic heterocycles. The first-order valence-electron chi connectivity index (χ1n) is 6.04. The average molecular weight is 270 g/mol. The number of benzene rings is 2. The van der Waals surface area contributed by atoms with Gasteiger partial charge < -0.3 is 9.84 Å². The molecule has 1 amide bonds. The predicted molar refractivity (Wildman–Crippen MR) is 74.3 cm³/mol. The summed E-state index contributed by atoms with van der Waals surface area (Å²) >= 11 is 0. The second-order valence-electron chi connectivity index (χ2n) is 4.11. The maximum atomic E-state index is 11.7. The lowest BCUT2D eigenvalue weighted by Gasteiger charge is -2.03. The van der Waals surface area contributed by atoms with Crippen molar-refractivity contribution in [2.45, 2.75) is 6.42 Å². The minimum atomic E-state index is -0.341. The number of hydrogen-bond donors (Lipinski definition) is 1. The van der Waals surface area contributed by atoms with E-state index in [1.165, 1.54) is 25.3 Å². The molecular formula is C15H14N2O3. The summed E-state index contributed by atoms with van der Waals surface area (Å²) in [6.07, 6.45) is 0.199. The Hall–Kier alpha value is -2.69. The minimum Gasteiger partial charge on any atom is -0.508 e. The SMILES string of the molecule is COc1cc(O)ccc1N=NC(=O)Cc1ccccc1. The summed E-state index contributed by atoms with van der Waals surface area (Å²) in [6, 6.07) is 13.7. The van der Waals surface area contributed by atoms with Crippen LogP contribution < -0.4 is 4.74 Å². The molecule has 0 unspecified atom stereocenters. The molecule has 0 spiro atoms. The lowest BCUT2D eigenvalue weighted by Crippen LogP contribution is -1.97. The van der Waals surface area contributed by atoms with Crippen molar-refractivity contribution in [3.05, 3.63) is 54.1 Å². The number of hydrogen-bond acceptors (Lipinski definition) is 4. The maximum Gasteiger partial charge on any atom is 0.269 e. The molecule has 0 aliphatic carbocycles. The van der Waals surface area contributed by atoms with E-state index in [1.54, 1.807) is 0 Å². The van der Waals surface area contributed by atoms with Crippen molar-refractivity contribution >= 4 is 11.6 Å². The highest BCUT2D eigenvalue weighted by Crippen LogP contribution is 2.31. The Morgan fingerprint density at radius 1 is 1.20 bits per heavy atom. The molecule has 2 aromatic carbocycles. The van der Waals surface area contributed by atoms with Gasteiger partial charge in [0.1, 0.15) is 17.2 Å². The van der Waals surface area contributed by atoms with Crippen LogP contribution in [0, 0.1) is 0 Å². The molecule has 2 aromatic rings. The number of phenols is 1. The largest absolute Gasteiger partial charge is 0.508 e. The summed E-state index contributed by atoms with van der Waals surface area (Å²) in [6.45, 7) is 0. The van der Waals surface area contributed by atoms with Crippen LogP contribution in [0.1, 0.15) is 5.56 Å². The monoisotopic (exact) mass is 270 g/mol. The number of amides is 1. The maximum absolute atomic E-state index is 11.7. The van der Waals surface area contributed by atoms with Gasteiger partial charge in [0.15, 0.2) is 0 Å². The number of phenolic OH excluding ortho intramolecular Hbond substituents is 1. The first-order valence-corrected chi connectivity index (χ1v) is 6.04. The lowest BCUT2D eigenvalue weighted by molar-refractivity contribution is -0.117. The molecular weight excluding hydrogens is 256 g/mol. The van der Waals surface area contributed by atoms with E-state index >= 15 is 0 Å². The molecule has 0 fully saturated rings. The van der Waals surface area contributed by atoms with Gasteiger partial charge in [-0.3, -0.25) is 4.79 Å². The van der Waals surface area contributed by atoms with E-state index in [0.717, 1.165) is 5.56 Å². The van der Waals surface area contributed by atoms with Crippen LogP contribution in [-0.2, 0) is 11.2 Å². The highest BCUT2D eigenvalue weighted by atomic mass is 16.5. The summed E-state index contributed by atoms with van der Waals surface area (Å²) < 4.78 is 5.05. The number of methoxy groups -OCH3 is 1. The molecule has 0 heterocycles. The quantitative estimate of drug-likeness (QED) is 0.867. The lowest BCUT2D eigenvalue weighted by atomic mass is 10.1. The van der Waals surface area contributed by atoms with E-state index in [1.807, 2.05) is 30.3 Å². The van der Waals surface area contributed by atoms with Crippen LogP contribution in [0.4, 0.5) is 5.69 Å². The average Bonchev–Trinajstić information content (AvgIpc) is 2.47. The third kappa shape index (κ3) is 3.65. The summed E-state index contributed by atoms with van der Waals surface area (Å²) in [5, 5.41) is 16.8. The van der Waals surface area contributed by atoms with E-state index in [-0.39, 0.29) is 18.1 Å². The number of aromatic hydroxyl groups is 1. The second kappa shape index (κ2) is 6.47. The number of azo groups is 1. The summed E-state index contributed by atoms with van der Waals surface area (Å²) in [5.41, 5.74) is 1.28. The molecule has 0 bridgehead atoms. The second-order valence-corrected chi connectivity index (χ2v) is 4.11. The molecule has 0 aromatic heterocycles. The molecule has 0 aliphatic rings. The summed E-state index contributed by atoms with van der Waals surface area (Å²) in [4.78, 5) is 11.7. The number of carbonyl (C=O) groups is 1. The van der Waals surface area contributed by atoms with Gasteiger partial charge in [-0.2, -0.15) is 0 Å². The van der Waals surface area contributed by atoms with E-state index < -0.39 is 0 Å². The molecule has 102 valence electrons. The molecule has 5 nitrogen and oxygen atoms in total. The minimum absolute atomic E-state index is 0.0661. The van der Waals surface area contributed by atoms with Crippen LogP contribution in [0.2, 0.25) is 0 Å². The molecule has 2 rings (SSSR count). The molecule has 0 radical (unpaired) electrons. The number of nitrogens with zero attached hydrogens (tertiary/aromatic N) is 2. The number of rotatable bonds is 4. The Bertz CT molecular complexity index is 624. The third-order valence-corrected chi connectivity index (χ3v) is 2.63. The van der Waals surface area contributed by atoms with E-state index in [2.05, 4.69) is 10.2 Å². The number of carbonyl (C=O) groups excluding carboxylic acids is 1. The fourth-order valence-corrected chi connectivity index (χ4v) is 1.66. The van der Waals surface area contributed by atoms with Crippen molar-refractivity contribution in [1.29, 1.82) is 0 Å². The van der Waals surface area contributed by atoms with Gasteiger partial charge in [-0.15, -0.1) is 10.2 Å². The van der Waals surface area contributed by atoms with Gasteiger partial charge in [-0.1, -0.05) is 30.3 Å². The van der Waals surface area contributed by atoms with Gasteiger partial charge in [0.25, 0.3) is 5.91 Å². The molecule has 20 heavy (non-hydrogen) atoms. The Morgan fingerprint density at radius 2 is 1.95 bits per heavy atom. The third-order valence-electron chi connectivity index (χ3n) is 2.63. The van der Waals surface area contributed by atoms with Gasteiger partial charge in [0.05, 0.1) is 13.5 Å². The molecule has 1 N–H and O–H groups in total. The Kier molecular flexibility index (Phi) is 4.44. The van der Waals surface area contributed by atoms with Crippen LogP contribution in [0.5, 0.6) is 11.5 Å². The molecule has 5 heteroatoms. The normalized spacial score (nSPS) is 10.7. The van der Waals surface area contributed by atoms with E-state index in [0.29, 0.717) is 11.4 Å². The van der Waals surface area contributed by atoms with Gasteiger partial charge in [0, 0.05) is 6.07 Å². The van der Waals surface area contributed by atoms with Gasteiger partial charge in [-0.25, -0.2) is 0 Å². The summed E-state index contributed by atoms with van der Waals surface area (Å²) in [5.74, 6) is 0.0870. The van der Waals surface area contributed by atoms with Gasteiger partial charge >= 0.3 is 0 Å². The standard InChI is InChI=1S/C15H14N2O3/c1-20-14-10-12(18)7-8-13(14)16-17-15(19)9-11-5-3-2-4-6-11/h2-8,10,18H,9H2,1H3. The molecule has 0 saturated carbocycles. The van der Waals surface area contributed by atoms with Crippen LogP contribution >= 0.6 is 0 Å². The zero-order valence-electron chi connectivity index (χ0n) is 11.0. The first-order chi connectivity index (χ1) is 9.69. The van der Waals surface area contributed by atoms with Crippen molar-refractivity contribution < 1.29 is 14.6 Å². The van der Waals surface area contributed by atoms with Gasteiger partial charge in [0.2, 0.25) is 0 Å². The first kappa shape index (κ1) is 13.7. The topological polar surface area (TPSA) is 71.2 Å². The Morgan fingerprint density at radius 3 is 2.65 bits per heavy atom. The molecule has 0 saturated heterocycles. The Balaban J connectivity index is 2.07. The van der Waals surface area contributed by atoms with Gasteiger partial charge in [-0.05, 0) is 17.7 Å². The highest BCUT2D eigenvalue weighted by Gasteiger charge is 2.05. The molecule has 0 atom stereocenters. The van der Waals surface area contributed by atoms with Crippen LogP contribution in [0.25, 0.3) is 0 Å². The smallest absolute Gasteiger partial charge is 0.269 e. The van der Waals surface area contributed by atoms with E-state index in [9.17, 15) is 9.90 Å². The van der Waals surface area contributed by atoms with Crippen LogP contribution in [0.15, 0.2) is 58.8 Å². The predicted octanol–water partition coefficient (Wildman–Crippen LogP) is 3.25. The van der Waals surface area contributed by atoms with E-state index in [4.69, 9.17) is 4.74 Å². The van der Waals surface area contributed by atoms with Crippen molar-refractivity contribution in [3.8, 4) is 11.5 Å². The zero-order valence-corrected chi connectivity index (χ0v) is 11.0. The van der Waals surface area contributed by atoms with Crippen LogP contribution in [0.3, 0.4) is 0 Å². The highest BCUT2D eigenvalue weighted by molar-refractivity contribution is 5.79.